The second-order valence-corrected chi connectivity index (χ2v) is 17.5. The van der Waals surface area contributed by atoms with Gasteiger partial charge in [0.2, 0.25) is 0 Å². The molecule has 1 heterocycles. The molecule has 0 N–H and O–H groups in total. The molecule has 0 saturated carbocycles. The Kier molecular flexibility index (Phi) is 8.26. The number of nitrogens with zero attached hydrogens (tertiary/aromatic N) is 3. The first kappa shape index (κ1) is 24.3. The predicted molar refractivity (Wildman–Crippen MR) is 125 cm³/mol. The largest absolute Gasteiger partial charge is 0.591 e. The minimum absolute atomic E-state index is 0.292. The summed E-state index contributed by atoms with van der Waals surface area (Å²) in [6, 6.07) is 5.51. The fourth-order valence-electron chi connectivity index (χ4n) is 2.28. The van der Waals surface area contributed by atoms with Gasteiger partial charge in [0.1, 0.15) is 34.4 Å². The van der Waals surface area contributed by atoms with Gasteiger partial charge >= 0.3 is 0 Å². The number of aromatic nitrogens is 2. The quantitative estimate of drug-likeness (QED) is 0.203. The summed E-state index contributed by atoms with van der Waals surface area (Å²) in [6.07, 6.45) is 3.32. The van der Waals surface area contributed by atoms with Gasteiger partial charge in [-0.15, -0.1) is 0 Å². The minimum atomic E-state index is -1.40. The summed E-state index contributed by atoms with van der Waals surface area (Å²) in [5.41, 5.74) is 1.82. The highest BCUT2D eigenvalue weighted by atomic mass is 79.9. The zero-order valence-corrected chi connectivity index (χ0v) is 21.2. The summed E-state index contributed by atoms with van der Waals surface area (Å²) in [6.45, 7) is 13.4. The summed E-state index contributed by atoms with van der Waals surface area (Å²) in [7, 11) is -1.17. The van der Waals surface area contributed by atoms with Crippen LogP contribution in [0, 0.1) is 5.82 Å². The summed E-state index contributed by atoms with van der Waals surface area (Å²) in [4.78, 5) is 0. The molecule has 29 heavy (non-hydrogen) atoms. The summed E-state index contributed by atoms with van der Waals surface area (Å²) in [5, 5.41) is 4.57. The van der Waals surface area contributed by atoms with Crippen LogP contribution < -0.4 is 0 Å². The Hall–Kier alpha value is -1.00. The second kappa shape index (κ2) is 9.87. The monoisotopic (exact) mass is 501 g/mol. The Morgan fingerprint density at radius 2 is 2.03 bits per heavy atom. The van der Waals surface area contributed by atoms with Crippen LogP contribution in [-0.4, -0.2) is 40.0 Å². The molecule has 2 aromatic rings. The number of ether oxygens (including phenoxy) is 1. The van der Waals surface area contributed by atoms with E-state index >= 15 is 0 Å². The molecule has 0 radical (unpaired) electrons. The van der Waals surface area contributed by atoms with Gasteiger partial charge in [0.05, 0.1) is 6.21 Å². The van der Waals surface area contributed by atoms with Crippen molar-refractivity contribution in [1.82, 2.24) is 9.78 Å². The van der Waals surface area contributed by atoms with Gasteiger partial charge in [-0.2, -0.15) is 5.10 Å². The molecule has 1 unspecified atom stereocenters. The number of rotatable bonds is 8. The van der Waals surface area contributed by atoms with E-state index in [1.165, 1.54) is 12.1 Å². The third-order valence-electron chi connectivity index (χ3n) is 4.00. The standard InChI is InChI=1S/C20H29BrFN3O2SSi/c1-20(2,3)28(26)23-12-15-13-25(14-27-9-10-29(4,5)6)24-19(15)17-11-16(22)7-8-18(17)21/h7-8,11-13H,9-10,14H2,1-6H3/b23-12+. The molecular formula is C20H29BrFN3O2SSi. The molecule has 0 aliphatic rings. The number of hydrogen-bond donors (Lipinski definition) is 0. The van der Waals surface area contributed by atoms with E-state index in [-0.39, 0.29) is 5.82 Å². The molecule has 0 spiro atoms. The van der Waals surface area contributed by atoms with Gasteiger partial charge < -0.3 is 9.29 Å². The third kappa shape index (κ3) is 7.64. The number of benzene rings is 1. The molecule has 0 bridgehead atoms. The van der Waals surface area contributed by atoms with Gasteiger partial charge in [0.25, 0.3) is 0 Å². The van der Waals surface area contributed by atoms with Gasteiger partial charge in [-0.1, -0.05) is 40.0 Å². The number of hydrogen-bond acceptors (Lipinski definition) is 4. The molecule has 9 heteroatoms. The normalized spacial score (nSPS) is 14.0. The lowest BCUT2D eigenvalue weighted by molar-refractivity contribution is 0.0787. The van der Waals surface area contributed by atoms with Crippen molar-refractivity contribution in [3.05, 3.63) is 40.2 Å². The van der Waals surface area contributed by atoms with Crippen LogP contribution in [0.1, 0.15) is 26.3 Å². The SMILES string of the molecule is CC(C)(C)[S+]([O-])/N=C/c1cn(COCC[Si](C)(C)C)nc1-c1cc(F)ccc1Br. The first-order valence-electron chi connectivity index (χ1n) is 9.43. The average molecular weight is 503 g/mol. The van der Waals surface area contributed by atoms with E-state index in [1.807, 2.05) is 20.8 Å². The average Bonchev–Trinajstić information content (AvgIpc) is 3.00. The molecule has 1 aromatic heterocycles. The van der Waals surface area contributed by atoms with Crippen LogP contribution in [0.5, 0.6) is 0 Å². The molecule has 0 aliphatic carbocycles. The fourth-order valence-corrected chi connectivity index (χ4v) is 4.00. The topological polar surface area (TPSA) is 62.5 Å². The Morgan fingerprint density at radius 1 is 1.34 bits per heavy atom. The van der Waals surface area contributed by atoms with Crippen molar-refractivity contribution in [1.29, 1.82) is 0 Å². The Balaban J connectivity index is 2.30. The maximum absolute atomic E-state index is 13.8. The van der Waals surface area contributed by atoms with Crippen LogP contribution in [0.25, 0.3) is 11.3 Å². The van der Waals surface area contributed by atoms with Crippen molar-refractivity contribution in [3.8, 4) is 11.3 Å². The molecule has 1 aromatic carbocycles. The van der Waals surface area contributed by atoms with Crippen molar-refractivity contribution in [3.63, 3.8) is 0 Å². The maximum Gasteiger partial charge on any atom is 0.144 e. The van der Waals surface area contributed by atoms with E-state index in [0.717, 1.165) is 10.5 Å². The van der Waals surface area contributed by atoms with E-state index < -0.39 is 24.2 Å². The van der Waals surface area contributed by atoms with E-state index in [9.17, 15) is 8.94 Å². The van der Waals surface area contributed by atoms with Crippen molar-refractivity contribution >= 4 is 41.6 Å². The molecule has 0 fully saturated rings. The van der Waals surface area contributed by atoms with Crippen molar-refractivity contribution < 1.29 is 13.7 Å². The van der Waals surface area contributed by atoms with E-state index in [2.05, 4.69) is 45.1 Å². The van der Waals surface area contributed by atoms with E-state index in [0.29, 0.717) is 30.2 Å². The lowest BCUT2D eigenvalue weighted by atomic mass is 10.1. The van der Waals surface area contributed by atoms with Crippen molar-refractivity contribution in [2.24, 2.45) is 4.40 Å². The molecule has 0 amide bonds. The zero-order chi connectivity index (χ0) is 21.8. The molecule has 0 saturated heterocycles. The third-order valence-corrected chi connectivity index (χ3v) is 7.75. The van der Waals surface area contributed by atoms with Gasteiger partial charge in [0, 0.05) is 36.5 Å². The van der Waals surface area contributed by atoms with E-state index in [1.54, 1.807) is 23.2 Å². The summed E-state index contributed by atoms with van der Waals surface area (Å²) in [5.74, 6) is -0.356. The maximum atomic E-state index is 13.8. The van der Waals surface area contributed by atoms with Crippen LogP contribution in [0.2, 0.25) is 25.7 Å². The van der Waals surface area contributed by atoms with Crippen molar-refractivity contribution in [2.75, 3.05) is 6.61 Å². The highest BCUT2D eigenvalue weighted by Crippen LogP contribution is 2.30. The van der Waals surface area contributed by atoms with Crippen molar-refractivity contribution in [2.45, 2.75) is 57.9 Å². The van der Waals surface area contributed by atoms with Crippen LogP contribution >= 0.6 is 15.9 Å². The zero-order valence-electron chi connectivity index (χ0n) is 17.8. The molecule has 1 atom stereocenters. The lowest BCUT2D eigenvalue weighted by Gasteiger charge is -2.17. The fraction of sp³-hybridized carbons (Fsp3) is 0.500. The smallest absolute Gasteiger partial charge is 0.144 e. The molecular weight excluding hydrogens is 473 g/mol. The molecule has 160 valence electrons. The first-order chi connectivity index (χ1) is 13.4. The Labute approximate surface area is 185 Å². The summed E-state index contributed by atoms with van der Waals surface area (Å²) >= 11 is 2.06. The molecule has 2 rings (SSSR count). The highest BCUT2D eigenvalue weighted by molar-refractivity contribution is 9.10. The van der Waals surface area contributed by atoms with Gasteiger partial charge in [-0.3, -0.25) is 0 Å². The van der Waals surface area contributed by atoms with Crippen LogP contribution in [-0.2, 0) is 22.8 Å². The van der Waals surface area contributed by atoms with Gasteiger partial charge in [-0.05, 0) is 45.0 Å². The second-order valence-electron chi connectivity index (χ2n) is 9.04. The minimum Gasteiger partial charge on any atom is -0.591 e. The molecule has 0 aliphatic heterocycles. The van der Waals surface area contributed by atoms with Gasteiger partial charge in [-0.25, -0.2) is 9.07 Å². The predicted octanol–water partition coefficient (Wildman–Crippen LogP) is 5.65. The molecule has 5 nitrogen and oxygen atoms in total. The van der Waals surface area contributed by atoms with Crippen LogP contribution in [0.4, 0.5) is 4.39 Å². The Morgan fingerprint density at radius 3 is 2.66 bits per heavy atom. The lowest BCUT2D eigenvalue weighted by Crippen LogP contribution is -2.25. The number of halogens is 2. The summed E-state index contributed by atoms with van der Waals surface area (Å²) < 4.78 is 38.0. The highest BCUT2D eigenvalue weighted by Gasteiger charge is 2.26. The Bertz CT molecular complexity index is 862. The first-order valence-corrected chi connectivity index (χ1v) is 15.0. The van der Waals surface area contributed by atoms with E-state index in [4.69, 9.17) is 4.74 Å². The van der Waals surface area contributed by atoms with Gasteiger partial charge in [0.15, 0.2) is 0 Å². The van der Waals surface area contributed by atoms with Crippen LogP contribution in [0.15, 0.2) is 33.3 Å². The van der Waals surface area contributed by atoms with Crippen LogP contribution in [0.3, 0.4) is 0 Å².